The van der Waals surface area contributed by atoms with E-state index in [1.165, 1.54) is 11.1 Å². The Hall–Kier alpha value is -1.33. The van der Waals surface area contributed by atoms with E-state index in [0.717, 1.165) is 15.2 Å². The standard InChI is InChI=1S/C13H12N2OS2/c1-6-3-9-10(4-7(6)2)18-13(14-9)8-5-11(16)15-12(8)17/h3-4,8H,5H2,1-2H3,(H,15,16,17). The maximum Gasteiger partial charge on any atom is 0.225 e. The summed E-state index contributed by atoms with van der Waals surface area (Å²) < 4.78 is 1.16. The normalized spacial score (nSPS) is 19.6. The number of fused-ring (bicyclic) bond motifs is 1. The van der Waals surface area contributed by atoms with Gasteiger partial charge in [0.05, 0.1) is 21.1 Å². The lowest BCUT2D eigenvalue weighted by Gasteiger charge is -2.01. The topological polar surface area (TPSA) is 42.0 Å². The number of hydrogen-bond acceptors (Lipinski definition) is 4. The lowest BCUT2D eigenvalue weighted by Crippen LogP contribution is -2.19. The van der Waals surface area contributed by atoms with Gasteiger partial charge in [0.25, 0.3) is 0 Å². The van der Waals surface area contributed by atoms with Gasteiger partial charge in [0.15, 0.2) is 0 Å². The summed E-state index contributed by atoms with van der Waals surface area (Å²) in [5.41, 5.74) is 3.50. The molecule has 0 bridgehead atoms. The van der Waals surface area contributed by atoms with Gasteiger partial charge in [0, 0.05) is 6.42 Å². The highest BCUT2D eigenvalue weighted by atomic mass is 32.1. The predicted molar refractivity (Wildman–Crippen MR) is 77.2 cm³/mol. The average molecular weight is 276 g/mol. The number of hydrogen-bond donors (Lipinski definition) is 1. The third kappa shape index (κ3) is 1.83. The van der Waals surface area contributed by atoms with Crippen LogP contribution >= 0.6 is 23.6 Å². The summed E-state index contributed by atoms with van der Waals surface area (Å²) in [7, 11) is 0. The molecule has 92 valence electrons. The van der Waals surface area contributed by atoms with Crippen molar-refractivity contribution >= 4 is 44.7 Å². The molecule has 1 fully saturated rings. The fraction of sp³-hybridized carbons (Fsp3) is 0.308. The molecule has 1 amide bonds. The van der Waals surface area contributed by atoms with Crippen molar-refractivity contribution in [2.24, 2.45) is 0 Å². The van der Waals surface area contributed by atoms with Crippen LogP contribution in [0.25, 0.3) is 10.2 Å². The SMILES string of the molecule is Cc1cc2nc(C3CC(=O)NC3=S)sc2cc1C. The first-order valence-electron chi connectivity index (χ1n) is 5.76. The molecule has 2 aromatic rings. The quantitative estimate of drug-likeness (QED) is 0.814. The number of nitrogens with zero attached hydrogens (tertiary/aromatic N) is 1. The van der Waals surface area contributed by atoms with Gasteiger partial charge in [0.2, 0.25) is 5.91 Å². The molecule has 1 N–H and O–H groups in total. The fourth-order valence-corrected chi connectivity index (χ4v) is 3.64. The number of carbonyl (C=O) groups excluding carboxylic acids is 1. The minimum atomic E-state index is -0.0366. The second-order valence-electron chi connectivity index (χ2n) is 4.63. The maximum atomic E-state index is 11.3. The van der Waals surface area contributed by atoms with Gasteiger partial charge in [-0.05, 0) is 37.1 Å². The van der Waals surface area contributed by atoms with E-state index < -0.39 is 0 Å². The Kier molecular flexibility index (Phi) is 2.68. The second-order valence-corrected chi connectivity index (χ2v) is 6.13. The third-order valence-electron chi connectivity index (χ3n) is 3.29. The molecular weight excluding hydrogens is 264 g/mol. The van der Waals surface area contributed by atoms with Gasteiger partial charge < -0.3 is 5.32 Å². The summed E-state index contributed by atoms with van der Waals surface area (Å²) in [6.07, 6.45) is 0.427. The van der Waals surface area contributed by atoms with Crippen molar-refractivity contribution in [1.29, 1.82) is 0 Å². The Morgan fingerprint density at radius 1 is 1.39 bits per heavy atom. The van der Waals surface area contributed by atoms with Crippen LogP contribution in [0.1, 0.15) is 28.5 Å². The summed E-state index contributed by atoms with van der Waals surface area (Å²) in [4.78, 5) is 16.6. The number of aromatic nitrogens is 1. The van der Waals surface area contributed by atoms with Crippen LogP contribution in [0, 0.1) is 13.8 Å². The molecule has 3 nitrogen and oxygen atoms in total. The van der Waals surface area contributed by atoms with Crippen LogP contribution in [0.2, 0.25) is 0 Å². The van der Waals surface area contributed by atoms with Gasteiger partial charge in [-0.25, -0.2) is 4.98 Å². The van der Waals surface area contributed by atoms with Crippen molar-refractivity contribution in [3.8, 4) is 0 Å². The highest BCUT2D eigenvalue weighted by Crippen LogP contribution is 2.33. The first-order chi connectivity index (χ1) is 8.54. The Morgan fingerprint density at radius 2 is 2.11 bits per heavy atom. The molecule has 1 unspecified atom stereocenters. The molecule has 0 spiro atoms. The molecule has 2 heterocycles. The zero-order valence-electron chi connectivity index (χ0n) is 10.1. The number of benzene rings is 1. The average Bonchev–Trinajstić information content (AvgIpc) is 2.82. The van der Waals surface area contributed by atoms with Crippen molar-refractivity contribution < 1.29 is 4.79 Å². The van der Waals surface area contributed by atoms with Gasteiger partial charge in [0.1, 0.15) is 5.01 Å². The smallest absolute Gasteiger partial charge is 0.225 e. The van der Waals surface area contributed by atoms with Crippen LogP contribution in [-0.4, -0.2) is 15.9 Å². The summed E-state index contributed by atoms with van der Waals surface area (Å²) in [5, 5.41) is 3.63. The molecule has 0 radical (unpaired) electrons. The fourth-order valence-electron chi connectivity index (χ4n) is 2.10. The van der Waals surface area contributed by atoms with Gasteiger partial charge in [-0.2, -0.15) is 0 Å². The molecule has 0 saturated carbocycles. The molecule has 1 saturated heterocycles. The van der Waals surface area contributed by atoms with E-state index in [-0.39, 0.29) is 11.8 Å². The lowest BCUT2D eigenvalue weighted by atomic mass is 10.1. The van der Waals surface area contributed by atoms with Crippen LogP contribution < -0.4 is 5.32 Å². The van der Waals surface area contributed by atoms with E-state index in [4.69, 9.17) is 12.2 Å². The molecule has 5 heteroatoms. The van der Waals surface area contributed by atoms with Crippen LogP contribution in [-0.2, 0) is 4.79 Å². The van der Waals surface area contributed by atoms with Crippen molar-refractivity contribution in [3.63, 3.8) is 0 Å². The van der Waals surface area contributed by atoms with E-state index >= 15 is 0 Å². The molecule has 1 aliphatic rings. The van der Waals surface area contributed by atoms with E-state index in [1.54, 1.807) is 11.3 Å². The summed E-state index contributed by atoms with van der Waals surface area (Å²) in [5.74, 6) is -0.0397. The number of nitrogens with one attached hydrogen (secondary N) is 1. The van der Waals surface area contributed by atoms with Crippen molar-refractivity contribution in [3.05, 3.63) is 28.3 Å². The Balaban J connectivity index is 2.08. The minimum Gasteiger partial charge on any atom is -0.320 e. The zero-order valence-corrected chi connectivity index (χ0v) is 11.7. The monoisotopic (exact) mass is 276 g/mol. The largest absolute Gasteiger partial charge is 0.320 e. The second kappa shape index (κ2) is 4.10. The van der Waals surface area contributed by atoms with E-state index in [1.807, 2.05) is 0 Å². The van der Waals surface area contributed by atoms with Crippen LogP contribution in [0.3, 0.4) is 0 Å². The first kappa shape index (κ1) is 11.7. The van der Waals surface area contributed by atoms with Crippen LogP contribution in [0.4, 0.5) is 0 Å². The van der Waals surface area contributed by atoms with Gasteiger partial charge >= 0.3 is 0 Å². The Morgan fingerprint density at radius 3 is 2.78 bits per heavy atom. The first-order valence-corrected chi connectivity index (χ1v) is 6.98. The Labute approximate surface area is 114 Å². The number of carbonyl (C=O) groups is 1. The minimum absolute atomic E-state index is 0.00313. The lowest BCUT2D eigenvalue weighted by molar-refractivity contribution is -0.118. The number of thiocarbonyl (C=S) groups is 1. The molecule has 1 aliphatic heterocycles. The third-order valence-corrected chi connectivity index (χ3v) is 4.81. The van der Waals surface area contributed by atoms with Crippen LogP contribution in [0.15, 0.2) is 12.1 Å². The summed E-state index contributed by atoms with van der Waals surface area (Å²) in [6.45, 7) is 4.18. The zero-order chi connectivity index (χ0) is 12.9. The molecule has 18 heavy (non-hydrogen) atoms. The Bertz CT molecular complexity index is 636. The van der Waals surface area contributed by atoms with Gasteiger partial charge in [-0.15, -0.1) is 11.3 Å². The highest BCUT2D eigenvalue weighted by Gasteiger charge is 2.31. The summed E-state index contributed by atoms with van der Waals surface area (Å²) >= 11 is 6.82. The van der Waals surface area contributed by atoms with Crippen molar-refractivity contribution in [2.45, 2.75) is 26.2 Å². The number of amides is 1. The molecule has 1 atom stereocenters. The van der Waals surface area contributed by atoms with Crippen molar-refractivity contribution in [1.82, 2.24) is 10.3 Å². The maximum absolute atomic E-state index is 11.3. The van der Waals surface area contributed by atoms with Crippen molar-refractivity contribution in [2.75, 3.05) is 0 Å². The van der Waals surface area contributed by atoms with Gasteiger partial charge in [-0.1, -0.05) is 12.2 Å². The number of thiazole rings is 1. The molecule has 1 aromatic carbocycles. The van der Waals surface area contributed by atoms with Gasteiger partial charge in [-0.3, -0.25) is 4.79 Å². The molecular formula is C13H12N2OS2. The summed E-state index contributed by atoms with van der Waals surface area (Å²) in [6, 6.07) is 4.25. The van der Waals surface area contributed by atoms with E-state index in [0.29, 0.717) is 11.4 Å². The van der Waals surface area contributed by atoms with E-state index in [2.05, 4.69) is 36.3 Å². The predicted octanol–water partition coefficient (Wildman–Crippen LogP) is 2.84. The highest BCUT2D eigenvalue weighted by molar-refractivity contribution is 7.80. The molecule has 0 aliphatic carbocycles. The molecule has 1 aromatic heterocycles. The molecule has 3 rings (SSSR count). The van der Waals surface area contributed by atoms with Crippen LogP contribution in [0.5, 0.6) is 0 Å². The van der Waals surface area contributed by atoms with E-state index in [9.17, 15) is 4.79 Å². The number of aryl methyl sites for hydroxylation is 2. The number of rotatable bonds is 1.